The van der Waals surface area contributed by atoms with Crippen molar-refractivity contribution >= 4 is 5.91 Å². The number of aliphatic hydroxyl groups excluding tert-OH is 1. The van der Waals surface area contributed by atoms with Crippen molar-refractivity contribution in [3.8, 4) is 5.75 Å². The topological polar surface area (TPSA) is 84.6 Å². The summed E-state index contributed by atoms with van der Waals surface area (Å²) in [6, 6.07) is 7.30. The molecular weight excluding hydrogens is 292 g/mol. The van der Waals surface area contributed by atoms with Crippen LogP contribution in [0, 0.1) is 5.41 Å². The summed E-state index contributed by atoms with van der Waals surface area (Å²) in [7, 11) is 0. The van der Waals surface area contributed by atoms with Crippen LogP contribution in [0.4, 0.5) is 0 Å². The standard InChI is InChI=1S/C18H30N2O3/c1-5-18(6-2,12-19)17(22)20-11-16(21)14-8-7-9-15(10-14)23-13(3)4/h7-10,13,16,21H,5-6,11-12,19H2,1-4H3,(H,20,22). The van der Waals surface area contributed by atoms with E-state index in [1.807, 2.05) is 45.9 Å². The van der Waals surface area contributed by atoms with Gasteiger partial charge in [-0.2, -0.15) is 0 Å². The summed E-state index contributed by atoms with van der Waals surface area (Å²) < 4.78 is 5.62. The molecule has 1 amide bonds. The second-order valence-electron chi connectivity index (χ2n) is 6.16. The van der Waals surface area contributed by atoms with E-state index in [0.29, 0.717) is 25.1 Å². The minimum Gasteiger partial charge on any atom is -0.491 e. The lowest BCUT2D eigenvalue weighted by atomic mass is 9.81. The Hall–Kier alpha value is -1.59. The highest BCUT2D eigenvalue weighted by molar-refractivity contribution is 5.82. The van der Waals surface area contributed by atoms with Gasteiger partial charge in [0.1, 0.15) is 5.75 Å². The predicted octanol–water partition coefficient (Wildman–Crippen LogP) is 2.39. The van der Waals surface area contributed by atoms with Gasteiger partial charge in [-0.25, -0.2) is 0 Å². The van der Waals surface area contributed by atoms with E-state index >= 15 is 0 Å². The maximum Gasteiger partial charge on any atom is 0.227 e. The third-order valence-electron chi connectivity index (χ3n) is 4.30. The van der Waals surface area contributed by atoms with Crippen LogP contribution in [0.3, 0.4) is 0 Å². The normalized spacial score (nSPS) is 13.0. The van der Waals surface area contributed by atoms with Crippen LogP contribution in [-0.2, 0) is 4.79 Å². The molecule has 130 valence electrons. The minimum absolute atomic E-state index is 0.0707. The second-order valence-corrected chi connectivity index (χ2v) is 6.16. The van der Waals surface area contributed by atoms with Crippen molar-refractivity contribution in [2.75, 3.05) is 13.1 Å². The van der Waals surface area contributed by atoms with Crippen LogP contribution >= 0.6 is 0 Å². The van der Waals surface area contributed by atoms with Gasteiger partial charge in [-0.15, -0.1) is 0 Å². The lowest BCUT2D eigenvalue weighted by Crippen LogP contribution is -2.46. The molecule has 1 atom stereocenters. The van der Waals surface area contributed by atoms with Gasteiger partial charge in [0, 0.05) is 13.1 Å². The van der Waals surface area contributed by atoms with Crippen molar-refractivity contribution in [3.63, 3.8) is 0 Å². The molecule has 0 fully saturated rings. The van der Waals surface area contributed by atoms with Crippen molar-refractivity contribution in [1.29, 1.82) is 0 Å². The molecular formula is C18H30N2O3. The molecule has 0 aliphatic rings. The van der Waals surface area contributed by atoms with Gasteiger partial charge in [-0.1, -0.05) is 26.0 Å². The van der Waals surface area contributed by atoms with Gasteiger partial charge in [-0.05, 0) is 44.4 Å². The van der Waals surface area contributed by atoms with Crippen molar-refractivity contribution in [2.45, 2.75) is 52.7 Å². The van der Waals surface area contributed by atoms with E-state index in [4.69, 9.17) is 10.5 Å². The van der Waals surface area contributed by atoms with E-state index in [1.165, 1.54) is 0 Å². The van der Waals surface area contributed by atoms with Gasteiger partial charge in [0.25, 0.3) is 0 Å². The maximum atomic E-state index is 12.4. The fraction of sp³-hybridized carbons (Fsp3) is 0.611. The number of carbonyl (C=O) groups excluding carboxylic acids is 1. The van der Waals surface area contributed by atoms with Crippen molar-refractivity contribution in [3.05, 3.63) is 29.8 Å². The molecule has 0 saturated carbocycles. The zero-order chi connectivity index (χ0) is 17.5. The lowest BCUT2D eigenvalue weighted by molar-refractivity contribution is -0.131. The number of nitrogens with one attached hydrogen (secondary N) is 1. The number of rotatable bonds is 9. The third kappa shape index (κ3) is 5.22. The van der Waals surface area contributed by atoms with Gasteiger partial charge in [0.15, 0.2) is 0 Å². The minimum atomic E-state index is -0.779. The molecule has 0 spiro atoms. The van der Waals surface area contributed by atoms with Gasteiger partial charge in [0.05, 0.1) is 17.6 Å². The molecule has 0 saturated heterocycles. The molecule has 0 bridgehead atoms. The molecule has 0 heterocycles. The summed E-state index contributed by atoms with van der Waals surface area (Å²) in [4.78, 5) is 12.4. The highest BCUT2D eigenvalue weighted by Gasteiger charge is 2.33. The largest absolute Gasteiger partial charge is 0.491 e. The van der Waals surface area contributed by atoms with E-state index in [-0.39, 0.29) is 18.6 Å². The van der Waals surface area contributed by atoms with E-state index in [0.717, 1.165) is 5.56 Å². The number of hydrogen-bond acceptors (Lipinski definition) is 4. The average Bonchev–Trinajstić information content (AvgIpc) is 2.54. The number of carbonyl (C=O) groups is 1. The predicted molar refractivity (Wildman–Crippen MR) is 92.2 cm³/mol. The number of aliphatic hydroxyl groups is 1. The summed E-state index contributed by atoms with van der Waals surface area (Å²) >= 11 is 0. The first kappa shape index (κ1) is 19.5. The molecule has 0 aromatic heterocycles. The third-order valence-corrected chi connectivity index (χ3v) is 4.30. The zero-order valence-corrected chi connectivity index (χ0v) is 14.6. The molecule has 0 radical (unpaired) electrons. The quantitative estimate of drug-likeness (QED) is 0.652. The van der Waals surface area contributed by atoms with Crippen LogP contribution in [-0.4, -0.2) is 30.2 Å². The molecule has 23 heavy (non-hydrogen) atoms. The molecule has 1 aromatic carbocycles. The summed E-state index contributed by atoms with van der Waals surface area (Å²) in [5.74, 6) is 0.611. The zero-order valence-electron chi connectivity index (χ0n) is 14.6. The monoisotopic (exact) mass is 322 g/mol. The first-order valence-corrected chi connectivity index (χ1v) is 8.31. The van der Waals surface area contributed by atoms with E-state index in [2.05, 4.69) is 5.32 Å². The smallest absolute Gasteiger partial charge is 0.227 e. The van der Waals surface area contributed by atoms with Crippen molar-refractivity contribution in [1.82, 2.24) is 5.32 Å². The Balaban J connectivity index is 2.69. The van der Waals surface area contributed by atoms with Gasteiger partial charge in [-0.3, -0.25) is 4.79 Å². The Labute approximate surface area is 139 Å². The summed E-state index contributed by atoms with van der Waals surface area (Å²) in [5, 5.41) is 13.1. The first-order chi connectivity index (χ1) is 10.9. The van der Waals surface area contributed by atoms with Crippen molar-refractivity contribution < 1.29 is 14.6 Å². The van der Waals surface area contributed by atoms with E-state index in [9.17, 15) is 9.90 Å². The number of nitrogens with two attached hydrogens (primary N) is 1. The molecule has 4 N–H and O–H groups in total. The Bertz CT molecular complexity index is 491. The van der Waals surface area contributed by atoms with Gasteiger partial charge < -0.3 is 20.9 Å². The molecule has 0 aliphatic heterocycles. The fourth-order valence-electron chi connectivity index (χ4n) is 2.51. The SMILES string of the molecule is CCC(CC)(CN)C(=O)NCC(O)c1cccc(OC(C)C)c1. The van der Waals surface area contributed by atoms with Crippen molar-refractivity contribution in [2.24, 2.45) is 11.1 Å². The summed E-state index contributed by atoms with van der Waals surface area (Å²) in [6.45, 7) is 8.28. The van der Waals surface area contributed by atoms with Crippen LogP contribution < -0.4 is 15.8 Å². The molecule has 5 heteroatoms. The van der Waals surface area contributed by atoms with E-state index < -0.39 is 11.5 Å². The Morgan fingerprint density at radius 1 is 1.35 bits per heavy atom. The molecule has 0 aliphatic carbocycles. The fourth-order valence-corrected chi connectivity index (χ4v) is 2.51. The Kier molecular flexibility index (Phi) is 7.52. The average molecular weight is 322 g/mol. The van der Waals surface area contributed by atoms with Crippen LogP contribution in [0.15, 0.2) is 24.3 Å². The molecule has 1 rings (SSSR count). The summed E-state index contributed by atoms with van der Waals surface area (Å²) in [6.07, 6.45) is 0.652. The second kappa shape index (κ2) is 8.89. The Morgan fingerprint density at radius 2 is 2.00 bits per heavy atom. The molecule has 1 aromatic rings. The highest BCUT2D eigenvalue weighted by atomic mass is 16.5. The van der Waals surface area contributed by atoms with E-state index in [1.54, 1.807) is 6.07 Å². The number of hydrogen-bond donors (Lipinski definition) is 3. The molecule has 5 nitrogen and oxygen atoms in total. The van der Waals surface area contributed by atoms with Crippen LogP contribution in [0.25, 0.3) is 0 Å². The van der Waals surface area contributed by atoms with Gasteiger partial charge in [0.2, 0.25) is 5.91 Å². The number of amides is 1. The Morgan fingerprint density at radius 3 is 2.52 bits per heavy atom. The summed E-state index contributed by atoms with van der Waals surface area (Å²) in [5.41, 5.74) is 5.94. The first-order valence-electron chi connectivity index (χ1n) is 8.31. The highest BCUT2D eigenvalue weighted by Crippen LogP contribution is 2.25. The van der Waals surface area contributed by atoms with Crippen LogP contribution in [0.5, 0.6) is 5.75 Å². The number of ether oxygens (including phenoxy) is 1. The van der Waals surface area contributed by atoms with Crippen LogP contribution in [0.1, 0.15) is 52.2 Å². The molecule has 1 unspecified atom stereocenters. The van der Waals surface area contributed by atoms with Gasteiger partial charge >= 0.3 is 0 Å². The maximum absolute atomic E-state index is 12.4. The van der Waals surface area contributed by atoms with Crippen LogP contribution in [0.2, 0.25) is 0 Å². The lowest BCUT2D eigenvalue weighted by Gasteiger charge is -2.29. The number of benzene rings is 1.